The van der Waals surface area contributed by atoms with Gasteiger partial charge in [0.1, 0.15) is 0 Å². The summed E-state index contributed by atoms with van der Waals surface area (Å²) in [6.07, 6.45) is 5.52. The molecule has 3 nitrogen and oxygen atoms in total. The van der Waals surface area contributed by atoms with Gasteiger partial charge in [0.15, 0.2) is 0 Å². The Morgan fingerprint density at radius 3 is 2.47 bits per heavy atom. The van der Waals surface area contributed by atoms with E-state index in [-0.39, 0.29) is 5.54 Å². The number of β-amino-alcohol motifs (C(OH)–C–C–N with tert-alkyl or cyclic N) is 1. The fourth-order valence-corrected chi connectivity index (χ4v) is 1.43. The number of rotatable bonds is 11. The zero-order valence-electron chi connectivity index (χ0n) is 12.1. The number of hydrogen-bond donors (Lipinski definition) is 2. The van der Waals surface area contributed by atoms with Gasteiger partial charge in [0.05, 0.1) is 12.7 Å². The van der Waals surface area contributed by atoms with Crippen LogP contribution in [0.5, 0.6) is 0 Å². The smallest absolute Gasteiger partial charge is 0.0897 e. The summed E-state index contributed by atoms with van der Waals surface area (Å²) in [5.74, 6) is 0. The van der Waals surface area contributed by atoms with Crippen LogP contribution < -0.4 is 5.32 Å². The summed E-state index contributed by atoms with van der Waals surface area (Å²) in [6.45, 7) is 10.5. The second-order valence-corrected chi connectivity index (χ2v) is 5.41. The minimum Gasteiger partial charge on any atom is -0.389 e. The van der Waals surface area contributed by atoms with Crippen LogP contribution in [0.25, 0.3) is 0 Å². The Morgan fingerprint density at radius 2 is 1.88 bits per heavy atom. The maximum absolute atomic E-state index is 9.72. The molecule has 0 saturated heterocycles. The van der Waals surface area contributed by atoms with Gasteiger partial charge >= 0.3 is 0 Å². The molecule has 0 saturated carbocycles. The van der Waals surface area contributed by atoms with Crippen LogP contribution in [0, 0.1) is 0 Å². The molecule has 17 heavy (non-hydrogen) atoms. The van der Waals surface area contributed by atoms with Gasteiger partial charge in [0.2, 0.25) is 0 Å². The normalized spacial score (nSPS) is 13.9. The first-order valence-electron chi connectivity index (χ1n) is 7.02. The van der Waals surface area contributed by atoms with Crippen LogP contribution in [0.15, 0.2) is 0 Å². The molecule has 104 valence electrons. The van der Waals surface area contributed by atoms with Gasteiger partial charge in [0.25, 0.3) is 0 Å². The predicted octanol–water partition coefficient (Wildman–Crippen LogP) is 2.72. The summed E-state index contributed by atoms with van der Waals surface area (Å²) in [4.78, 5) is 0. The largest absolute Gasteiger partial charge is 0.389 e. The van der Waals surface area contributed by atoms with Gasteiger partial charge in [0, 0.05) is 18.7 Å². The summed E-state index contributed by atoms with van der Waals surface area (Å²) in [5.41, 5.74) is 0.0993. The molecule has 0 radical (unpaired) electrons. The summed E-state index contributed by atoms with van der Waals surface area (Å²) < 4.78 is 5.45. The number of hydrogen-bond acceptors (Lipinski definition) is 3. The molecule has 0 heterocycles. The minimum atomic E-state index is -0.396. The fraction of sp³-hybridized carbons (Fsp3) is 1.00. The Kier molecular flexibility index (Phi) is 9.79. The van der Waals surface area contributed by atoms with Crippen LogP contribution in [0.3, 0.4) is 0 Å². The first-order chi connectivity index (χ1) is 8.02. The highest BCUT2D eigenvalue weighted by molar-refractivity contribution is 4.76. The van der Waals surface area contributed by atoms with E-state index < -0.39 is 6.10 Å². The third kappa shape index (κ3) is 10.7. The quantitative estimate of drug-likeness (QED) is 0.550. The zero-order valence-corrected chi connectivity index (χ0v) is 12.1. The van der Waals surface area contributed by atoms with Crippen molar-refractivity contribution in [1.29, 1.82) is 0 Å². The molecule has 1 unspecified atom stereocenters. The highest BCUT2D eigenvalue weighted by atomic mass is 16.5. The number of aliphatic hydroxyl groups is 1. The molecular formula is C14H31NO2. The van der Waals surface area contributed by atoms with E-state index >= 15 is 0 Å². The topological polar surface area (TPSA) is 41.5 Å². The first kappa shape index (κ1) is 16.9. The van der Waals surface area contributed by atoms with Crippen molar-refractivity contribution in [3.05, 3.63) is 0 Å². The van der Waals surface area contributed by atoms with E-state index in [2.05, 4.69) is 33.0 Å². The Hall–Kier alpha value is -0.120. The molecule has 0 aromatic rings. The van der Waals surface area contributed by atoms with Gasteiger partial charge in [-0.3, -0.25) is 0 Å². The molecule has 0 bridgehead atoms. The zero-order chi connectivity index (χ0) is 13.1. The van der Waals surface area contributed by atoms with E-state index in [0.29, 0.717) is 13.2 Å². The monoisotopic (exact) mass is 245 g/mol. The van der Waals surface area contributed by atoms with Gasteiger partial charge in [-0.05, 0) is 26.7 Å². The molecule has 0 rings (SSSR count). The summed E-state index contributed by atoms with van der Waals surface area (Å²) in [7, 11) is 0. The average molecular weight is 245 g/mol. The first-order valence-corrected chi connectivity index (χ1v) is 7.02. The molecule has 1 atom stereocenters. The highest BCUT2D eigenvalue weighted by Gasteiger charge is 2.15. The van der Waals surface area contributed by atoms with Gasteiger partial charge in [-0.2, -0.15) is 0 Å². The molecule has 0 aromatic carbocycles. The third-order valence-corrected chi connectivity index (χ3v) is 3.15. The molecule has 0 aliphatic rings. The van der Waals surface area contributed by atoms with Crippen LogP contribution in [-0.4, -0.2) is 36.5 Å². The van der Waals surface area contributed by atoms with Crippen LogP contribution in [-0.2, 0) is 4.74 Å². The molecule has 0 aromatic heterocycles. The molecular weight excluding hydrogens is 214 g/mol. The SMILES string of the molecule is CCCCCCOCC(O)CNC(C)(C)CC. The Balaban J connectivity index is 3.37. The van der Waals surface area contributed by atoms with Gasteiger partial charge in [-0.15, -0.1) is 0 Å². The molecule has 2 N–H and O–H groups in total. The average Bonchev–Trinajstić information content (AvgIpc) is 2.31. The Morgan fingerprint density at radius 1 is 1.18 bits per heavy atom. The molecule has 3 heteroatoms. The van der Waals surface area contributed by atoms with Gasteiger partial charge < -0.3 is 15.2 Å². The molecule has 0 amide bonds. The lowest BCUT2D eigenvalue weighted by Gasteiger charge is -2.26. The fourth-order valence-electron chi connectivity index (χ4n) is 1.43. The van der Waals surface area contributed by atoms with Crippen molar-refractivity contribution in [3.8, 4) is 0 Å². The highest BCUT2D eigenvalue weighted by Crippen LogP contribution is 2.06. The number of nitrogens with one attached hydrogen (secondary N) is 1. The van der Waals surface area contributed by atoms with E-state index in [1.54, 1.807) is 0 Å². The number of ether oxygens (including phenoxy) is 1. The van der Waals surface area contributed by atoms with Crippen molar-refractivity contribution in [2.75, 3.05) is 19.8 Å². The third-order valence-electron chi connectivity index (χ3n) is 3.15. The second kappa shape index (κ2) is 9.86. The van der Waals surface area contributed by atoms with E-state index in [9.17, 15) is 5.11 Å². The van der Waals surface area contributed by atoms with E-state index in [1.807, 2.05) is 0 Å². The number of aliphatic hydroxyl groups excluding tert-OH is 1. The minimum absolute atomic E-state index is 0.0993. The van der Waals surface area contributed by atoms with Crippen molar-refractivity contribution < 1.29 is 9.84 Å². The van der Waals surface area contributed by atoms with Crippen molar-refractivity contribution in [2.45, 2.75) is 71.4 Å². The molecule has 0 aliphatic heterocycles. The molecule has 0 fully saturated rings. The lowest BCUT2D eigenvalue weighted by molar-refractivity contribution is 0.0320. The van der Waals surface area contributed by atoms with Crippen LogP contribution in [0.1, 0.15) is 59.8 Å². The lowest BCUT2D eigenvalue weighted by atomic mass is 10.0. The van der Waals surface area contributed by atoms with E-state index in [0.717, 1.165) is 19.4 Å². The Bertz CT molecular complexity index is 172. The van der Waals surface area contributed by atoms with Crippen molar-refractivity contribution in [3.63, 3.8) is 0 Å². The van der Waals surface area contributed by atoms with Crippen LogP contribution in [0.2, 0.25) is 0 Å². The van der Waals surface area contributed by atoms with Crippen molar-refractivity contribution in [1.82, 2.24) is 5.32 Å². The summed E-state index contributed by atoms with van der Waals surface area (Å²) >= 11 is 0. The lowest BCUT2D eigenvalue weighted by Crippen LogP contribution is -2.43. The number of unbranched alkanes of at least 4 members (excludes halogenated alkanes) is 3. The summed E-state index contributed by atoms with van der Waals surface area (Å²) in [6, 6.07) is 0. The Labute approximate surface area is 107 Å². The van der Waals surface area contributed by atoms with E-state index in [1.165, 1.54) is 19.3 Å². The van der Waals surface area contributed by atoms with Crippen LogP contribution in [0.4, 0.5) is 0 Å². The van der Waals surface area contributed by atoms with Crippen LogP contribution >= 0.6 is 0 Å². The maximum Gasteiger partial charge on any atom is 0.0897 e. The second-order valence-electron chi connectivity index (χ2n) is 5.41. The summed E-state index contributed by atoms with van der Waals surface area (Å²) in [5, 5.41) is 13.1. The van der Waals surface area contributed by atoms with E-state index in [4.69, 9.17) is 4.74 Å². The van der Waals surface area contributed by atoms with Crippen molar-refractivity contribution >= 4 is 0 Å². The maximum atomic E-state index is 9.72. The molecule has 0 aliphatic carbocycles. The molecule has 0 spiro atoms. The predicted molar refractivity (Wildman–Crippen MR) is 73.3 cm³/mol. The van der Waals surface area contributed by atoms with Gasteiger partial charge in [-0.1, -0.05) is 33.1 Å². The standard InChI is InChI=1S/C14H31NO2/c1-5-7-8-9-10-17-12-13(16)11-15-14(3,4)6-2/h13,15-16H,5-12H2,1-4H3. The van der Waals surface area contributed by atoms with Gasteiger partial charge in [-0.25, -0.2) is 0 Å². The van der Waals surface area contributed by atoms with Crippen molar-refractivity contribution in [2.24, 2.45) is 0 Å².